The van der Waals surface area contributed by atoms with Crippen LogP contribution in [0.15, 0.2) is 17.8 Å². The molecule has 0 aliphatic heterocycles. The number of hydrogen-bond donors (Lipinski definition) is 1. The molecule has 0 saturated heterocycles. The van der Waals surface area contributed by atoms with Crippen LogP contribution in [0.5, 0.6) is 5.75 Å². The van der Waals surface area contributed by atoms with Gasteiger partial charge in [0.1, 0.15) is 12.0 Å². The lowest BCUT2D eigenvalue weighted by Crippen LogP contribution is -1.99. The summed E-state index contributed by atoms with van der Waals surface area (Å²) in [7, 11) is 1.57. The fourth-order valence-electron chi connectivity index (χ4n) is 1.36. The number of nitrogens with zero attached hydrogens (tertiary/aromatic N) is 2. The topological polar surface area (TPSA) is 61.0 Å². The Balaban J connectivity index is 2.57. The molecule has 0 bridgehead atoms. The minimum atomic E-state index is 0.367. The molecule has 2 aromatic heterocycles. The second-order valence-corrected chi connectivity index (χ2v) is 4.20. The molecule has 15 heavy (non-hydrogen) atoms. The normalized spacial score (nSPS) is 10.3. The summed E-state index contributed by atoms with van der Waals surface area (Å²) >= 11 is 1.67. The summed E-state index contributed by atoms with van der Waals surface area (Å²) in [5.74, 6) is 0.904. The fraction of sp³-hybridized carbons (Fsp3) is 0.200. The number of hydrogen-bond acceptors (Lipinski definition) is 5. The van der Waals surface area contributed by atoms with Crippen LogP contribution in [-0.4, -0.2) is 17.1 Å². The molecule has 2 N–H and O–H groups in total. The first-order valence-electron chi connectivity index (χ1n) is 4.42. The van der Waals surface area contributed by atoms with Gasteiger partial charge in [-0.3, -0.25) is 0 Å². The molecule has 0 fully saturated rings. The Hall–Kier alpha value is -1.62. The molecule has 78 valence electrons. The van der Waals surface area contributed by atoms with Crippen molar-refractivity contribution < 1.29 is 4.74 Å². The Bertz CT molecular complexity index is 481. The molecule has 0 aromatic carbocycles. The van der Waals surface area contributed by atoms with Gasteiger partial charge in [0, 0.05) is 15.8 Å². The van der Waals surface area contributed by atoms with Crippen molar-refractivity contribution in [3.63, 3.8) is 0 Å². The smallest absolute Gasteiger partial charge is 0.187 e. The third kappa shape index (κ3) is 1.78. The van der Waals surface area contributed by atoms with E-state index in [4.69, 9.17) is 10.5 Å². The molecule has 0 aliphatic carbocycles. The van der Waals surface area contributed by atoms with Gasteiger partial charge in [0.2, 0.25) is 0 Å². The molecular formula is C10H11N3OS. The summed E-state index contributed by atoms with van der Waals surface area (Å²) in [5, 5.41) is 2.03. The van der Waals surface area contributed by atoms with Crippen LogP contribution in [0.3, 0.4) is 0 Å². The minimum absolute atomic E-state index is 0.367. The Morgan fingerprint density at radius 3 is 2.80 bits per heavy atom. The van der Waals surface area contributed by atoms with E-state index in [1.807, 2.05) is 12.3 Å². The largest absolute Gasteiger partial charge is 0.491 e. The van der Waals surface area contributed by atoms with Crippen LogP contribution in [0.4, 0.5) is 5.82 Å². The number of rotatable bonds is 2. The van der Waals surface area contributed by atoms with Crippen molar-refractivity contribution >= 4 is 17.2 Å². The van der Waals surface area contributed by atoms with Crippen molar-refractivity contribution in [3.05, 3.63) is 22.7 Å². The fourth-order valence-corrected chi connectivity index (χ4v) is 2.05. The summed E-state index contributed by atoms with van der Waals surface area (Å²) < 4.78 is 5.19. The predicted molar refractivity (Wildman–Crippen MR) is 61.0 cm³/mol. The van der Waals surface area contributed by atoms with E-state index in [1.165, 1.54) is 11.2 Å². The third-order valence-electron chi connectivity index (χ3n) is 2.04. The van der Waals surface area contributed by atoms with Crippen LogP contribution in [0.25, 0.3) is 11.3 Å². The number of aryl methyl sites for hydroxylation is 1. The Kier molecular flexibility index (Phi) is 2.55. The molecule has 0 amide bonds. The van der Waals surface area contributed by atoms with Crippen LogP contribution in [0, 0.1) is 6.92 Å². The molecule has 2 heterocycles. The highest BCUT2D eigenvalue weighted by Gasteiger charge is 2.12. The summed E-state index contributed by atoms with van der Waals surface area (Å²) in [6.07, 6.45) is 1.44. The van der Waals surface area contributed by atoms with Gasteiger partial charge in [-0.15, -0.1) is 11.3 Å². The maximum Gasteiger partial charge on any atom is 0.187 e. The minimum Gasteiger partial charge on any atom is -0.491 e. The van der Waals surface area contributed by atoms with Gasteiger partial charge in [0.25, 0.3) is 0 Å². The van der Waals surface area contributed by atoms with Gasteiger partial charge in [-0.25, -0.2) is 9.97 Å². The summed E-state index contributed by atoms with van der Waals surface area (Å²) in [5.41, 5.74) is 7.47. The Labute approximate surface area is 91.8 Å². The van der Waals surface area contributed by atoms with Gasteiger partial charge in [-0.05, 0) is 13.0 Å². The van der Waals surface area contributed by atoms with Crippen LogP contribution in [0.1, 0.15) is 4.88 Å². The summed E-state index contributed by atoms with van der Waals surface area (Å²) in [4.78, 5) is 9.30. The maximum atomic E-state index is 5.70. The van der Waals surface area contributed by atoms with Gasteiger partial charge in [-0.2, -0.15) is 0 Å². The lowest BCUT2D eigenvalue weighted by atomic mass is 10.2. The lowest BCUT2D eigenvalue weighted by Gasteiger charge is -2.06. The van der Waals surface area contributed by atoms with Crippen molar-refractivity contribution in [1.82, 2.24) is 9.97 Å². The molecular weight excluding hydrogens is 210 g/mol. The third-order valence-corrected chi connectivity index (χ3v) is 2.90. The summed E-state index contributed by atoms with van der Waals surface area (Å²) in [6, 6.07) is 2.05. The molecule has 0 spiro atoms. The number of nitrogens with two attached hydrogens (primary N) is 1. The summed E-state index contributed by atoms with van der Waals surface area (Å²) in [6.45, 7) is 2.05. The first-order valence-corrected chi connectivity index (χ1v) is 5.30. The SMILES string of the molecule is COc1c(N)ncnc1-c1csc(C)c1. The van der Waals surface area contributed by atoms with Gasteiger partial charge < -0.3 is 10.5 Å². The lowest BCUT2D eigenvalue weighted by molar-refractivity contribution is 0.415. The first-order chi connectivity index (χ1) is 7.22. The number of ether oxygens (including phenoxy) is 1. The zero-order valence-electron chi connectivity index (χ0n) is 8.52. The quantitative estimate of drug-likeness (QED) is 0.843. The number of anilines is 1. The average molecular weight is 221 g/mol. The number of methoxy groups -OCH3 is 1. The maximum absolute atomic E-state index is 5.70. The van der Waals surface area contributed by atoms with Crippen molar-refractivity contribution in [2.45, 2.75) is 6.92 Å². The van der Waals surface area contributed by atoms with Crippen LogP contribution in [0.2, 0.25) is 0 Å². The van der Waals surface area contributed by atoms with Crippen molar-refractivity contribution in [1.29, 1.82) is 0 Å². The molecule has 0 saturated carbocycles. The molecule has 0 unspecified atom stereocenters. The zero-order chi connectivity index (χ0) is 10.8. The first kappa shape index (κ1) is 9.92. The zero-order valence-corrected chi connectivity index (χ0v) is 9.34. The average Bonchev–Trinajstić information content (AvgIpc) is 2.64. The number of thiophene rings is 1. The molecule has 4 nitrogen and oxygen atoms in total. The molecule has 2 rings (SSSR count). The number of nitrogen functional groups attached to an aromatic ring is 1. The van der Waals surface area contributed by atoms with E-state index < -0.39 is 0 Å². The van der Waals surface area contributed by atoms with E-state index in [-0.39, 0.29) is 0 Å². The molecule has 2 aromatic rings. The second kappa shape index (κ2) is 3.86. The molecule has 0 aliphatic rings. The van der Waals surface area contributed by atoms with Gasteiger partial charge in [0.15, 0.2) is 11.6 Å². The van der Waals surface area contributed by atoms with Crippen LogP contribution >= 0.6 is 11.3 Å². The monoisotopic (exact) mass is 221 g/mol. The van der Waals surface area contributed by atoms with Crippen molar-refractivity contribution in [2.75, 3.05) is 12.8 Å². The van der Waals surface area contributed by atoms with E-state index >= 15 is 0 Å². The van der Waals surface area contributed by atoms with Crippen LogP contribution in [-0.2, 0) is 0 Å². The molecule has 0 atom stereocenters. The molecule has 0 radical (unpaired) electrons. The van der Waals surface area contributed by atoms with Crippen LogP contribution < -0.4 is 10.5 Å². The number of aromatic nitrogens is 2. The highest BCUT2D eigenvalue weighted by atomic mass is 32.1. The van der Waals surface area contributed by atoms with Gasteiger partial charge in [0.05, 0.1) is 7.11 Å². The second-order valence-electron chi connectivity index (χ2n) is 3.09. The molecule has 5 heteroatoms. The Morgan fingerprint density at radius 2 is 2.20 bits per heavy atom. The Morgan fingerprint density at radius 1 is 1.40 bits per heavy atom. The highest BCUT2D eigenvalue weighted by Crippen LogP contribution is 2.33. The standard InChI is InChI=1S/C10H11N3OS/c1-6-3-7(4-15-6)8-9(14-2)10(11)13-5-12-8/h3-5H,1-2H3,(H2,11,12,13). The van der Waals surface area contributed by atoms with Gasteiger partial charge >= 0.3 is 0 Å². The predicted octanol–water partition coefficient (Wildman–Crippen LogP) is 2.10. The van der Waals surface area contributed by atoms with Crippen molar-refractivity contribution in [3.8, 4) is 17.0 Å². The highest BCUT2D eigenvalue weighted by molar-refractivity contribution is 7.10. The van der Waals surface area contributed by atoms with Crippen molar-refractivity contribution in [2.24, 2.45) is 0 Å². The van der Waals surface area contributed by atoms with E-state index in [9.17, 15) is 0 Å². The van der Waals surface area contributed by atoms with E-state index in [0.29, 0.717) is 11.6 Å². The van der Waals surface area contributed by atoms with Gasteiger partial charge in [-0.1, -0.05) is 0 Å². The van der Waals surface area contributed by atoms with E-state index in [0.717, 1.165) is 11.3 Å². The van der Waals surface area contributed by atoms with E-state index in [1.54, 1.807) is 18.4 Å². The van der Waals surface area contributed by atoms with E-state index in [2.05, 4.69) is 16.0 Å².